The number of likely N-dealkylation sites (tertiary alicyclic amines) is 1. The molecule has 1 aliphatic carbocycles. The van der Waals surface area contributed by atoms with Crippen LogP contribution in [0, 0.1) is 5.92 Å². The van der Waals surface area contributed by atoms with Crippen LogP contribution >= 0.6 is 0 Å². The number of nitrogens with zero attached hydrogens (tertiary/aromatic N) is 5. The average molecular weight is 406 g/mol. The van der Waals surface area contributed by atoms with Crippen molar-refractivity contribution in [2.75, 3.05) is 43.5 Å². The van der Waals surface area contributed by atoms with Crippen molar-refractivity contribution in [2.45, 2.75) is 31.6 Å². The van der Waals surface area contributed by atoms with Gasteiger partial charge in [0.25, 0.3) is 5.91 Å². The lowest BCUT2D eigenvalue weighted by molar-refractivity contribution is -0.131. The zero-order valence-electron chi connectivity index (χ0n) is 17.5. The predicted octanol–water partition coefficient (Wildman–Crippen LogP) is 2.47. The number of hydrogen-bond donors (Lipinski definition) is 0. The first-order valence-corrected chi connectivity index (χ1v) is 10.8. The summed E-state index contributed by atoms with van der Waals surface area (Å²) in [6.07, 6.45) is 5.39. The third-order valence-electron chi connectivity index (χ3n) is 6.38. The Bertz CT molecular complexity index is 1000. The second kappa shape index (κ2) is 7.38. The highest BCUT2D eigenvalue weighted by Gasteiger charge is 2.39. The highest BCUT2D eigenvalue weighted by molar-refractivity contribution is 6.08. The van der Waals surface area contributed by atoms with Gasteiger partial charge >= 0.3 is 0 Å². The summed E-state index contributed by atoms with van der Waals surface area (Å²) in [6, 6.07) is 8.06. The molecule has 156 valence electrons. The monoisotopic (exact) mass is 405 g/mol. The number of carbonyl (C=O) groups excluding carboxylic acids is 2. The molecule has 2 aliphatic heterocycles. The lowest BCUT2D eigenvalue weighted by Gasteiger charge is -2.22. The van der Waals surface area contributed by atoms with Gasteiger partial charge in [0.1, 0.15) is 0 Å². The predicted molar refractivity (Wildman–Crippen MR) is 115 cm³/mol. The highest BCUT2D eigenvalue weighted by Crippen LogP contribution is 2.36. The van der Waals surface area contributed by atoms with Gasteiger partial charge < -0.3 is 14.7 Å². The molecular formula is C23H27N5O2. The minimum absolute atomic E-state index is 0.0489. The van der Waals surface area contributed by atoms with Crippen LogP contribution < -0.4 is 9.80 Å². The maximum absolute atomic E-state index is 13.6. The van der Waals surface area contributed by atoms with E-state index in [1.54, 1.807) is 6.20 Å². The average Bonchev–Trinajstić information content (AvgIpc) is 3.33. The van der Waals surface area contributed by atoms with Gasteiger partial charge in [-0.05, 0) is 37.3 Å². The quantitative estimate of drug-likeness (QED) is 0.782. The van der Waals surface area contributed by atoms with Crippen LogP contribution in [0.5, 0.6) is 0 Å². The molecule has 3 aliphatic rings. The molecule has 0 radical (unpaired) electrons. The van der Waals surface area contributed by atoms with E-state index in [-0.39, 0.29) is 23.7 Å². The number of anilines is 2. The second-order valence-electron chi connectivity index (χ2n) is 8.74. The minimum atomic E-state index is -0.0489. The molecule has 1 aromatic heterocycles. The van der Waals surface area contributed by atoms with E-state index < -0.39 is 0 Å². The fourth-order valence-electron chi connectivity index (χ4n) is 4.54. The maximum atomic E-state index is 13.6. The highest BCUT2D eigenvalue weighted by atomic mass is 16.2. The van der Waals surface area contributed by atoms with Gasteiger partial charge in [0.05, 0.1) is 11.3 Å². The van der Waals surface area contributed by atoms with Crippen molar-refractivity contribution in [3.63, 3.8) is 0 Å². The Morgan fingerprint density at radius 1 is 1.10 bits per heavy atom. The Morgan fingerprint density at radius 3 is 2.67 bits per heavy atom. The van der Waals surface area contributed by atoms with Crippen LogP contribution in [0.15, 0.2) is 30.5 Å². The Kier molecular flexibility index (Phi) is 4.68. The fraction of sp³-hybridized carbons (Fsp3) is 0.478. The zero-order valence-corrected chi connectivity index (χ0v) is 17.5. The van der Waals surface area contributed by atoms with Crippen molar-refractivity contribution >= 4 is 23.5 Å². The summed E-state index contributed by atoms with van der Waals surface area (Å²) in [5, 5.41) is 0. The molecule has 2 fully saturated rings. The number of rotatable bonds is 4. The third kappa shape index (κ3) is 3.32. The molecule has 1 aromatic carbocycles. The third-order valence-corrected chi connectivity index (χ3v) is 6.38. The Morgan fingerprint density at radius 2 is 1.90 bits per heavy atom. The van der Waals surface area contributed by atoms with Crippen molar-refractivity contribution in [1.82, 2.24) is 14.9 Å². The summed E-state index contributed by atoms with van der Waals surface area (Å²) < 4.78 is 0. The van der Waals surface area contributed by atoms with Crippen molar-refractivity contribution in [3.8, 4) is 0 Å². The summed E-state index contributed by atoms with van der Waals surface area (Å²) in [5.41, 5.74) is 3.50. The molecule has 1 atom stereocenters. The molecule has 1 saturated carbocycles. The molecule has 7 heteroatoms. The first kappa shape index (κ1) is 19.0. The van der Waals surface area contributed by atoms with Crippen LogP contribution in [0.4, 0.5) is 11.6 Å². The number of hydrogen-bond acceptors (Lipinski definition) is 5. The SMILES string of the molecule is CN(C)c1ncc(C(=O)N2CCc3ccccc32)c(C2CCN(C(=O)C3CC3)C2)n1. The number of para-hydroxylation sites is 1. The van der Waals surface area contributed by atoms with E-state index in [1.807, 2.05) is 47.0 Å². The zero-order chi connectivity index (χ0) is 20.8. The second-order valence-corrected chi connectivity index (χ2v) is 8.74. The molecule has 2 amide bonds. The molecule has 30 heavy (non-hydrogen) atoms. The molecule has 0 bridgehead atoms. The lowest BCUT2D eigenvalue weighted by Crippen LogP contribution is -2.32. The van der Waals surface area contributed by atoms with E-state index in [0.29, 0.717) is 24.6 Å². The summed E-state index contributed by atoms with van der Waals surface area (Å²) >= 11 is 0. The first-order valence-electron chi connectivity index (χ1n) is 10.8. The number of benzene rings is 1. The molecule has 0 N–H and O–H groups in total. The van der Waals surface area contributed by atoms with Crippen LogP contribution in [0.1, 0.15) is 46.8 Å². The summed E-state index contributed by atoms with van der Waals surface area (Å²) in [7, 11) is 3.80. The lowest BCUT2D eigenvalue weighted by atomic mass is 9.99. The van der Waals surface area contributed by atoms with Gasteiger partial charge in [-0.3, -0.25) is 9.59 Å². The van der Waals surface area contributed by atoms with Crippen molar-refractivity contribution < 1.29 is 9.59 Å². The van der Waals surface area contributed by atoms with Crippen LogP contribution in [-0.2, 0) is 11.2 Å². The van der Waals surface area contributed by atoms with E-state index in [9.17, 15) is 9.59 Å². The molecule has 5 rings (SSSR count). The van der Waals surface area contributed by atoms with Crippen LogP contribution in [0.3, 0.4) is 0 Å². The van der Waals surface area contributed by atoms with E-state index in [0.717, 1.165) is 43.6 Å². The van der Waals surface area contributed by atoms with Crippen molar-refractivity contribution in [1.29, 1.82) is 0 Å². The Balaban J connectivity index is 1.47. The molecule has 7 nitrogen and oxygen atoms in total. The van der Waals surface area contributed by atoms with Crippen LogP contribution in [-0.4, -0.2) is 60.4 Å². The van der Waals surface area contributed by atoms with Crippen LogP contribution in [0.2, 0.25) is 0 Å². The summed E-state index contributed by atoms with van der Waals surface area (Å²) in [4.78, 5) is 41.0. The van der Waals surface area contributed by atoms with Crippen LogP contribution in [0.25, 0.3) is 0 Å². The summed E-state index contributed by atoms with van der Waals surface area (Å²) in [6.45, 7) is 2.04. The van der Waals surface area contributed by atoms with E-state index >= 15 is 0 Å². The van der Waals surface area contributed by atoms with Gasteiger partial charge in [0, 0.05) is 57.4 Å². The Hall–Kier alpha value is -2.96. The van der Waals surface area contributed by atoms with Gasteiger partial charge in [0.2, 0.25) is 11.9 Å². The fourth-order valence-corrected chi connectivity index (χ4v) is 4.54. The molecular weight excluding hydrogens is 378 g/mol. The van der Waals surface area contributed by atoms with E-state index in [1.165, 1.54) is 5.56 Å². The van der Waals surface area contributed by atoms with Gasteiger partial charge in [-0.2, -0.15) is 0 Å². The number of fused-ring (bicyclic) bond motifs is 1. The minimum Gasteiger partial charge on any atom is -0.347 e. The molecule has 1 unspecified atom stereocenters. The van der Waals surface area contributed by atoms with Crippen molar-refractivity contribution in [3.05, 3.63) is 47.3 Å². The maximum Gasteiger partial charge on any atom is 0.261 e. The Labute approximate surface area is 176 Å². The molecule has 0 spiro atoms. The molecule has 2 aromatic rings. The number of carbonyl (C=O) groups is 2. The normalized spacial score (nSPS) is 20.4. The number of amides is 2. The molecule has 1 saturated heterocycles. The van der Waals surface area contributed by atoms with E-state index in [4.69, 9.17) is 4.98 Å². The van der Waals surface area contributed by atoms with Gasteiger partial charge in [0.15, 0.2) is 0 Å². The van der Waals surface area contributed by atoms with Crippen molar-refractivity contribution in [2.24, 2.45) is 5.92 Å². The van der Waals surface area contributed by atoms with E-state index in [2.05, 4.69) is 11.1 Å². The smallest absolute Gasteiger partial charge is 0.261 e. The largest absolute Gasteiger partial charge is 0.347 e. The standard InChI is InChI=1S/C23H27N5O2/c1-26(2)23-24-13-18(22(30)28-12-10-15-5-3-4-6-19(15)28)20(25-23)17-9-11-27(14-17)21(29)16-7-8-16/h3-6,13,16-17H,7-12,14H2,1-2H3. The van der Waals surface area contributed by atoms with Gasteiger partial charge in [-0.25, -0.2) is 9.97 Å². The summed E-state index contributed by atoms with van der Waals surface area (Å²) in [5.74, 6) is 1.09. The van der Waals surface area contributed by atoms with Gasteiger partial charge in [-0.15, -0.1) is 0 Å². The topological polar surface area (TPSA) is 69.6 Å². The van der Waals surface area contributed by atoms with Gasteiger partial charge in [-0.1, -0.05) is 18.2 Å². The molecule has 3 heterocycles. The first-order chi connectivity index (χ1) is 14.5. The number of aromatic nitrogens is 2.